The molecule has 0 radical (unpaired) electrons. The van der Waals surface area contributed by atoms with Gasteiger partial charge in [-0.05, 0) is 54.7 Å². The van der Waals surface area contributed by atoms with E-state index in [1.165, 1.54) is 16.7 Å². The Balaban J connectivity index is 1.80. The molecule has 1 amide bonds. The van der Waals surface area contributed by atoms with Crippen molar-refractivity contribution in [2.24, 2.45) is 5.92 Å². The van der Waals surface area contributed by atoms with Gasteiger partial charge in [0.25, 0.3) is 5.91 Å². The van der Waals surface area contributed by atoms with Gasteiger partial charge < -0.3 is 10.4 Å². The Morgan fingerprint density at radius 2 is 1.74 bits per heavy atom. The maximum absolute atomic E-state index is 12.4. The fourth-order valence-electron chi connectivity index (χ4n) is 2.92. The molecule has 0 fully saturated rings. The first-order valence-electron chi connectivity index (χ1n) is 7.72. The standard InChI is InChI=1S/C19H19NO3/c1-11(19(22)23)12(2)20-18(21)14-7-8-17-15(10-14)9-13-5-3-4-6-16(13)17/h3-8,10-12H,9H2,1-2H3,(H,20,21)(H,22,23). The van der Waals surface area contributed by atoms with Crippen molar-refractivity contribution in [3.05, 3.63) is 59.2 Å². The lowest BCUT2D eigenvalue weighted by Crippen LogP contribution is -2.40. The van der Waals surface area contributed by atoms with Crippen molar-refractivity contribution < 1.29 is 14.7 Å². The van der Waals surface area contributed by atoms with Gasteiger partial charge in [0.05, 0.1) is 5.92 Å². The van der Waals surface area contributed by atoms with Gasteiger partial charge in [0.2, 0.25) is 0 Å². The summed E-state index contributed by atoms with van der Waals surface area (Å²) in [7, 11) is 0. The summed E-state index contributed by atoms with van der Waals surface area (Å²) < 4.78 is 0. The predicted octanol–water partition coefficient (Wildman–Crippen LogP) is 3.10. The number of carboxylic acid groups (broad SMARTS) is 1. The van der Waals surface area contributed by atoms with Crippen LogP contribution in [0, 0.1) is 5.92 Å². The van der Waals surface area contributed by atoms with Gasteiger partial charge >= 0.3 is 5.97 Å². The molecule has 2 aromatic rings. The van der Waals surface area contributed by atoms with E-state index in [4.69, 9.17) is 5.11 Å². The van der Waals surface area contributed by atoms with Crippen LogP contribution >= 0.6 is 0 Å². The van der Waals surface area contributed by atoms with E-state index >= 15 is 0 Å². The van der Waals surface area contributed by atoms with Crippen molar-refractivity contribution in [3.8, 4) is 11.1 Å². The average molecular weight is 309 g/mol. The lowest BCUT2D eigenvalue weighted by atomic mass is 10.0. The van der Waals surface area contributed by atoms with Crippen molar-refractivity contribution in [1.29, 1.82) is 0 Å². The number of fused-ring (bicyclic) bond motifs is 3. The molecule has 0 spiro atoms. The predicted molar refractivity (Wildman–Crippen MR) is 88.4 cm³/mol. The maximum atomic E-state index is 12.4. The fraction of sp³-hybridized carbons (Fsp3) is 0.263. The number of hydrogen-bond donors (Lipinski definition) is 2. The molecule has 3 rings (SSSR count). The Kier molecular flexibility index (Phi) is 3.90. The van der Waals surface area contributed by atoms with Crippen LogP contribution < -0.4 is 5.32 Å². The summed E-state index contributed by atoms with van der Waals surface area (Å²) in [6, 6.07) is 13.5. The van der Waals surface area contributed by atoms with E-state index in [1.807, 2.05) is 24.3 Å². The Hall–Kier alpha value is -2.62. The Morgan fingerprint density at radius 1 is 1.04 bits per heavy atom. The number of carbonyl (C=O) groups excluding carboxylic acids is 1. The monoisotopic (exact) mass is 309 g/mol. The Bertz CT molecular complexity index is 782. The van der Waals surface area contributed by atoms with Crippen LogP contribution in [0.25, 0.3) is 11.1 Å². The van der Waals surface area contributed by atoms with Gasteiger partial charge in [-0.15, -0.1) is 0 Å². The van der Waals surface area contributed by atoms with E-state index in [0.29, 0.717) is 5.56 Å². The Morgan fingerprint density at radius 3 is 2.48 bits per heavy atom. The van der Waals surface area contributed by atoms with Crippen molar-refractivity contribution in [1.82, 2.24) is 5.32 Å². The third kappa shape index (κ3) is 2.84. The van der Waals surface area contributed by atoms with Crippen LogP contribution in [-0.4, -0.2) is 23.0 Å². The molecule has 118 valence electrons. The van der Waals surface area contributed by atoms with Crippen LogP contribution in [0.15, 0.2) is 42.5 Å². The number of amides is 1. The van der Waals surface area contributed by atoms with Crippen LogP contribution in [0.4, 0.5) is 0 Å². The van der Waals surface area contributed by atoms with E-state index in [-0.39, 0.29) is 5.91 Å². The summed E-state index contributed by atoms with van der Waals surface area (Å²) in [6.45, 7) is 3.30. The third-order valence-electron chi connectivity index (χ3n) is 4.55. The highest BCUT2D eigenvalue weighted by Gasteiger charge is 2.23. The molecular weight excluding hydrogens is 290 g/mol. The van der Waals surface area contributed by atoms with Gasteiger partial charge in [0.15, 0.2) is 0 Å². The number of carbonyl (C=O) groups is 2. The van der Waals surface area contributed by atoms with Gasteiger partial charge in [-0.1, -0.05) is 30.3 Å². The van der Waals surface area contributed by atoms with E-state index in [0.717, 1.165) is 12.0 Å². The molecule has 2 aromatic carbocycles. The van der Waals surface area contributed by atoms with Crippen molar-refractivity contribution in [2.45, 2.75) is 26.3 Å². The zero-order chi connectivity index (χ0) is 16.6. The van der Waals surface area contributed by atoms with E-state index in [1.54, 1.807) is 19.9 Å². The van der Waals surface area contributed by atoms with E-state index < -0.39 is 17.9 Å². The smallest absolute Gasteiger partial charge is 0.308 e. The van der Waals surface area contributed by atoms with Crippen molar-refractivity contribution in [3.63, 3.8) is 0 Å². The fourth-order valence-corrected chi connectivity index (χ4v) is 2.92. The van der Waals surface area contributed by atoms with Gasteiger partial charge in [0.1, 0.15) is 0 Å². The average Bonchev–Trinajstić information content (AvgIpc) is 2.91. The highest BCUT2D eigenvalue weighted by Crippen LogP contribution is 2.36. The van der Waals surface area contributed by atoms with Gasteiger partial charge in [-0.25, -0.2) is 0 Å². The van der Waals surface area contributed by atoms with Crippen LogP contribution in [0.5, 0.6) is 0 Å². The Labute approximate surface area is 135 Å². The molecule has 0 aromatic heterocycles. The second-order valence-corrected chi connectivity index (χ2v) is 6.09. The zero-order valence-corrected chi connectivity index (χ0v) is 13.2. The minimum absolute atomic E-state index is 0.232. The van der Waals surface area contributed by atoms with E-state index in [2.05, 4.69) is 17.4 Å². The first-order chi connectivity index (χ1) is 11.0. The normalized spacial score (nSPS) is 14.5. The van der Waals surface area contributed by atoms with Crippen molar-refractivity contribution in [2.75, 3.05) is 0 Å². The number of carboxylic acids is 1. The molecule has 4 heteroatoms. The molecule has 2 unspecified atom stereocenters. The second-order valence-electron chi connectivity index (χ2n) is 6.09. The molecule has 0 saturated carbocycles. The summed E-state index contributed by atoms with van der Waals surface area (Å²) >= 11 is 0. The van der Waals surface area contributed by atoms with Crippen LogP contribution in [-0.2, 0) is 11.2 Å². The number of hydrogen-bond acceptors (Lipinski definition) is 2. The van der Waals surface area contributed by atoms with Crippen LogP contribution in [0.2, 0.25) is 0 Å². The highest BCUT2D eigenvalue weighted by atomic mass is 16.4. The summed E-state index contributed by atoms with van der Waals surface area (Å²) in [5.74, 6) is -1.77. The summed E-state index contributed by atoms with van der Waals surface area (Å²) in [5, 5.41) is 11.8. The minimum Gasteiger partial charge on any atom is -0.481 e. The molecule has 4 nitrogen and oxygen atoms in total. The second kappa shape index (κ2) is 5.88. The maximum Gasteiger partial charge on any atom is 0.308 e. The van der Waals surface area contributed by atoms with Gasteiger partial charge in [0, 0.05) is 11.6 Å². The van der Waals surface area contributed by atoms with E-state index in [9.17, 15) is 9.59 Å². The third-order valence-corrected chi connectivity index (χ3v) is 4.55. The summed E-state index contributed by atoms with van der Waals surface area (Å²) in [4.78, 5) is 23.3. The molecule has 0 saturated heterocycles. The van der Waals surface area contributed by atoms with Crippen molar-refractivity contribution >= 4 is 11.9 Å². The van der Waals surface area contributed by atoms with Gasteiger partial charge in [-0.2, -0.15) is 0 Å². The van der Waals surface area contributed by atoms with Crippen LogP contribution in [0.1, 0.15) is 35.3 Å². The summed E-state index contributed by atoms with van der Waals surface area (Å²) in [5.41, 5.74) is 5.37. The largest absolute Gasteiger partial charge is 0.481 e. The molecular formula is C19H19NO3. The summed E-state index contributed by atoms with van der Waals surface area (Å²) in [6.07, 6.45) is 0.827. The first kappa shape index (κ1) is 15.3. The SMILES string of the molecule is CC(NC(=O)c1ccc2c(c1)Cc1ccccc1-2)C(C)C(=O)O. The number of benzene rings is 2. The number of aliphatic carboxylic acids is 1. The molecule has 0 heterocycles. The molecule has 1 aliphatic rings. The minimum atomic E-state index is -0.915. The number of rotatable bonds is 4. The van der Waals surface area contributed by atoms with Crippen LogP contribution in [0.3, 0.4) is 0 Å². The topological polar surface area (TPSA) is 66.4 Å². The molecule has 2 N–H and O–H groups in total. The van der Waals surface area contributed by atoms with Gasteiger partial charge in [-0.3, -0.25) is 9.59 Å². The zero-order valence-electron chi connectivity index (χ0n) is 13.2. The molecule has 1 aliphatic carbocycles. The lowest BCUT2D eigenvalue weighted by Gasteiger charge is -2.18. The molecule has 0 aliphatic heterocycles. The number of nitrogens with one attached hydrogen (secondary N) is 1. The molecule has 2 atom stereocenters. The molecule has 23 heavy (non-hydrogen) atoms. The highest BCUT2D eigenvalue weighted by molar-refractivity contribution is 5.96. The quantitative estimate of drug-likeness (QED) is 0.778. The lowest BCUT2D eigenvalue weighted by molar-refractivity contribution is -0.141. The first-order valence-corrected chi connectivity index (χ1v) is 7.72. The molecule has 0 bridgehead atoms.